The number of H-pyrrole nitrogens is 1. The standard InChI is InChI=1S/C13H20N4O3/c14-10-4-2-1-3-9(10)12(18)17-11(13(19)20)5-8-6-15-7-16-8/h6-7,9-11H,1-5,14H2,(H,15,16)(H,17,18)(H,19,20)/t9?,10?,11-/m0/s1. The van der Waals surface area contributed by atoms with E-state index in [1.807, 2.05) is 0 Å². The average Bonchev–Trinajstić information content (AvgIpc) is 2.91. The molecule has 20 heavy (non-hydrogen) atoms. The molecule has 1 fully saturated rings. The summed E-state index contributed by atoms with van der Waals surface area (Å²) < 4.78 is 0. The highest BCUT2D eigenvalue weighted by atomic mass is 16.4. The molecule has 1 heterocycles. The Labute approximate surface area is 117 Å². The molecule has 1 aliphatic carbocycles. The molecule has 1 amide bonds. The van der Waals surface area contributed by atoms with Crippen LogP contribution < -0.4 is 11.1 Å². The molecule has 1 aromatic heterocycles. The minimum absolute atomic E-state index is 0.176. The van der Waals surface area contributed by atoms with Crippen LogP contribution in [0.15, 0.2) is 12.5 Å². The van der Waals surface area contributed by atoms with E-state index in [-0.39, 0.29) is 24.3 Å². The molecular weight excluding hydrogens is 260 g/mol. The highest BCUT2D eigenvalue weighted by Crippen LogP contribution is 2.23. The van der Waals surface area contributed by atoms with Crippen LogP contribution in [0.25, 0.3) is 0 Å². The summed E-state index contributed by atoms with van der Waals surface area (Å²) >= 11 is 0. The van der Waals surface area contributed by atoms with E-state index in [2.05, 4.69) is 15.3 Å². The maximum absolute atomic E-state index is 12.2. The van der Waals surface area contributed by atoms with Crippen LogP contribution in [-0.2, 0) is 16.0 Å². The van der Waals surface area contributed by atoms with Crippen molar-refractivity contribution in [3.05, 3.63) is 18.2 Å². The Morgan fingerprint density at radius 1 is 1.50 bits per heavy atom. The molecule has 7 nitrogen and oxygen atoms in total. The lowest BCUT2D eigenvalue weighted by atomic mass is 9.84. The summed E-state index contributed by atoms with van der Waals surface area (Å²) in [6, 6.07) is -1.14. The summed E-state index contributed by atoms with van der Waals surface area (Å²) in [5.74, 6) is -1.60. The fourth-order valence-corrected chi connectivity index (χ4v) is 2.58. The molecule has 1 saturated carbocycles. The molecule has 2 rings (SSSR count). The number of nitrogens with two attached hydrogens (primary N) is 1. The van der Waals surface area contributed by atoms with E-state index in [0.717, 1.165) is 25.7 Å². The molecule has 0 aromatic carbocycles. The summed E-state index contributed by atoms with van der Waals surface area (Å²) in [7, 11) is 0. The molecule has 2 unspecified atom stereocenters. The Bertz CT molecular complexity index is 460. The molecule has 3 atom stereocenters. The van der Waals surface area contributed by atoms with Crippen LogP contribution >= 0.6 is 0 Å². The molecule has 0 spiro atoms. The zero-order valence-corrected chi connectivity index (χ0v) is 11.2. The number of rotatable bonds is 5. The number of carbonyl (C=O) groups is 2. The van der Waals surface area contributed by atoms with Crippen LogP contribution in [0.1, 0.15) is 31.4 Å². The van der Waals surface area contributed by atoms with Gasteiger partial charge >= 0.3 is 5.97 Å². The van der Waals surface area contributed by atoms with Crippen molar-refractivity contribution in [2.75, 3.05) is 0 Å². The predicted octanol–water partition coefficient (Wildman–Crippen LogP) is 0.0391. The van der Waals surface area contributed by atoms with Crippen molar-refractivity contribution in [3.63, 3.8) is 0 Å². The fourth-order valence-electron chi connectivity index (χ4n) is 2.58. The zero-order valence-electron chi connectivity index (χ0n) is 11.2. The lowest BCUT2D eigenvalue weighted by Gasteiger charge is -2.28. The van der Waals surface area contributed by atoms with Crippen LogP contribution in [0.2, 0.25) is 0 Å². The minimum atomic E-state index is -1.06. The number of carboxylic acids is 1. The van der Waals surface area contributed by atoms with Gasteiger partial charge in [-0.15, -0.1) is 0 Å². The Balaban J connectivity index is 1.96. The molecule has 110 valence electrons. The lowest BCUT2D eigenvalue weighted by molar-refractivity contribution is -0.142. The van der Waals surface area contributed by atoms with Crippen LogP contribution in [0, 0.1) is 5.92 Å². The van der Waals surface area contributed by atoms with Gasteiger partial charge in [0.2, 0.25) is 5.91 Å². The monoisotopic (exact) mass is 280 g/mol. The Kier molecular flexibility index (Phi) is 4.73. The average molecular weight is 280 g/mol. The number of aromatic amines is 1. The van der Waals surface area contributed by atoms with Gasteiger partial charge in [-0.1, -0.05) is 12.8 Å². The quantitative estimate of drug-likeness (QED) is 0.606. The number of aliphatic carboxylic acids is 1. The summed E-state index contributed by atoms with van der Waals surface area (Å²) in [5.41, 5.74) is 6.62. The number of carboxylic acid groups (broad SMARTS) is 1. The zero-order chi connectivity index (χ0) is 14.5. The molecule has 0 aliphatic heterocycles. The predicted molar refractivity (Wildman–Crippen MR) is 71.8 cm³/mol. The SMILES string of the molecule is NC1CCCCC1C(=O)N[C@@H](Cc1cnc[nH]1)C(=O)O. The van der Waals surface area contributed by atoms with Crippen molar-refractivity contribution >= 4 is 11.9 Å². The maximum atomic E-state index is 12.2. The van der Waals surface area contributed by atoms with Gasteiger partial charge in [-0.3, -0.25) is 4.79 Å². The van der Waals surface area contributed by atoms with Crippen molar-refractivity contribution in [1.82, 2.24) is 15.3 Å². The minimum Gasteiger partial charge on any atom is -0.480 e. The molecule has 0 bridgehead atoms. The first-order valence-electron chi connectivity index (χ1n) is 6.84. The van der Waals surface area contributed by atoms with E-state index in [1.165, 1.54) is 6.33 Å². The molecule has 0 saturated heterocycles. The smallest absolute Gasteiger partial charge is 0.326 e. The third-order valence-corrected chi connectivity index (χ3v) is 3.75. The van der Waals surface area contributed by atoms with Gasteiger partial charge in [-0.2, -0.15) is 0 Å². The Morgan fingerprint density at radius 3 is 2.85 bits per heavy atom. The maximum Gasteiger partial charge on any atom is 0.326 e. The fraction of sp³-hybridized carbons (Fsp3) is 0.615. The van der Waals surface area contributed by atoms with Crippen LogP contribution in [0.4, 0.5) is 0 Å². The summed E-state index contributed by atoms with van der Waals surface area (Å²) in [4.78, 5) is 30.1. The molecule has 5 N–H and O–H groups in total. The molecular formula is C13H20N4O3. The van der Waals surface area contributed by atoms with Gasteiger partial charge in [0.25, 0.3) is 0 Å². The van der Waals surface area contributed by atoms with Gasteiger partial charge in [-0.25, -0.2) is 9.78 Å². The third-order valence-electron chi connectivity index (χ3n) is 3.75. The van der Waals surface area contributed by atoms with Gasteiger partial charge < -0.3 is 21.1 Å². The van der Waals surface area contributed by atoms with Crippen molar-refractivity contribution in [2.45, 2.75) is 44.2 Å². The van der Waals surface area contributed by atoms with Gasteiger partial charge in [0, 0.05) is 24.4 Å². The van der Waals surface area contributed by atoms with E-state index >= 15 is 0 Å². The highest BCUT2D eigenvalue weighted by Gasteiger charge is 2.31. The van der Waals surface area contributed by atoms with Gasteiger partial charge in [0.1, 0.15) is 6.04 Å². The number of carbonyl (C=O) groups excluding carboxylic acids is 1. The number of imidazole rings is 1. The number of hydrogen-bond donors (Lipinski definition) is 4. The summed E-state index contributed by atoms with van der Waals surface area (Å²) in [5, 5.41) is 11.8. The Hall–Kier alpha value is -1.89. The molecule has 1 aliphatic rings. The second kappa shape index (κ2) is 6.51. The van der Waals surface area contributed by atoms with E-state index in [0.29, 0.717) is 5.69 Å². The first kappa shape index (κ1) is 14.5. The normalized spacial score (nSPS) is 24.1. The van der Waals surface area contributed by atoms with E-state index in [4.69, 9.17) is 5.73 Å². The van der Waals surface area contributed by atoms with E-state index in [1.54, 1.807) is 6.20 Å². The topological polar surface area (TPSA) is 121 Å². The van der Waals surface area contributed by atoms with Crippen LogP contribution in [0.5, 0.6) is 0 Å². The van der Waals surface area contributed by atoms with Gasteiger partial charge in [0.15, 0.2) is 0 Å². The second-order valence-corrected chi connectivity index (χ2v) is 5.24. The largest absolute Gasteiger partial charge is 0.480 e. The lowest BCUT2D eigenvalue weighted by Crippen LogP contribution is -2.49. The number of hydrogen-bond acceptors (Lipinski definition) is 4. The van der Waals surface area contributed by atoms with Gasteiger partial charge in [0.05, 0.1) is 12.2 Å². The summed E-state index contributed by atoms with van der Waals surface area (Å²) in [6.07, 6.45) is 6.75. The Morgan fingerprint density at radius 2 is 2.25 bits per heavy atom. The third kappa shape index (κ3) is 3.57. The van der Waals surface area contributed by atoms with Crippen molar-refractivity contribution in [3.8, 4) is 0 Å². The number of nitrogens with one attached hydrogen (secondary N) is 2. The van der Waals surface area contributed by atoms with E-state index < -0.39 is 12.0 Å². The highest BCUT2D eigenvalue weighted by molar-refractivity contribution is 5.85. The number of nitrogens with zero attached hydrogens (tertiary/aromatic N) is 1. The van der Waals surface area contributed by atoms with Crippen molar-refractivity contribution < 1.29 is 14.7 Å². The molecule has 0 radical (unpaired) electrons. The van der Waals surface area contributed by atoms with Crippen molar-refractivity contribution in [1.29, 1.82) is 0 Å². The number of amides is 1. The summed E-state index contributed by atoms with van der Waals surface area (Å²) in [6.45, 7) is 0. The van der Waals surface area contributed by atoms with Gasteiger partial charge in [-0.05, 0) is 12.8 Å². The van der Waals surface area contributed by atoms with Crippen LogP contribution in [0.3, 0.4) is 0 Å². The molecule has 1 aromatic rings. The van der Waals surface area contributed by atoms with Crippen LogP contribution in [-0.4, -0.2) is 39.0 Å². The number of aromatic nitrogens is 2. The first-order valence-corrected chi connectivity index (χ1v) is 6.84. The van der Waals surface area contributed by atoms with Crippen molar-refractivity contribution in [2.24, 2.45) is 11.7 Å². The second-order valence-electron chi connectivity index (χ2n) is 5.24. The molecule has 7 heteroatoms. The first-order chi connectivity index (χ1) is 9.58. The van der Waals surface area contributed by atoms with E-state index in [9.17, 15) is 14.7 Å².